The molecule has 0 atom stereocenters. The van der Waals surface area contributed by atoms with Gasteiger partial charge in [0.2, 0.25) is 0 Å². The number of hydrogen-bond donors (Lipinski definition) is 1. The first-order valence-corrected chi connectivity index (χ1v) is 6.41. The lowest BCUT2D eigenvalue weighted by molar-refractivity contribution is 0.288. The van der Waals surface area contributed by atoms with Crippen LogP contribution in [0.15, 0.2) is 29.6 Å². The fourth-order valence-corrected chi connectivity index (χ4v) is 2.51. The molecule has 3 nitrogen and oxygen atoms in total. The van der Waals surface area contributed by atoms with Crippen molar-refractivity contribution < 1.29 is 9.84 Å². The average molecular weight is 249 g/mol. The second-order valence-electron chi connectivity index (χ2n) is 3.67. The first-order valence-electron chi connectivity index (χ1n) is 5.54. The molecule has 0 aliphatic rings. The minimum atomic E-state index is 0.210. The van der Waals surface area contributed by atoms with Crippen LogP contribution in [0.3, 0.4) is 0 Å². The van der Waals surface area contributed by atoms with E-state index in [0.717, 1.165) is 34.9 Å². The molecule has 2 rings (SSSR count). The standard InChI is InChI=1S/C13H15NO2S/c1-16-12-7-3-2-6-11(12)13-14-10(9-17-13)5-4-8-15/h2-3,6-7,9,15H,4-5,8H2,1H3. The maximum Gasteiger partial charge on any atom is 0.129 e. The highest BCUT2D eigenvalue weighted by atomic mass is 32.1. The lowest BCUT2D eigenvalue weighted by atomic mass is 10.2. The number of aliphatic hydroxyl groups is 1. The molecular weight excluding hydrogens is 234 g/mol. The van der Waals surface area contributed by atoms with Gasteiger partial charge in [0, 0.05) is 12.0 Å². The number of aliphatic hydroxyl groups excluding tert-OH is 1. The number of aromatic nitrogens is 1. The van der Waals surface area contributed by atoms with Gasteiger partial charge in [-0.05, 0) is 25.0 Å². The summed E-state index contributed by atoms with van der Waals surface area (Å²) in [4.78, 5) is 4.55. The van der Waals surface area contributed by atoms with Crippen LogP contribution in [0, 0.1) is 0 Å². The molecule has 0 saturated heterocycles. The third-order valence-corrected chi connectivity index (χ3v) is 3.40. The molecule has 1 heterocycles. The topological polar surface area (TPSA) is 42.4 Å². The molecule has 0 saturated carbocycles. The number of benzene rings is 1. The number of nitrogens with zero attached hydrogens (tertiary/aromatic N) is 1. The predicted octanol–water partition coefficient (Wildman–Crippen LogP) is 2.74. The molecule has 1 N–H and O–H groups in total. The summed E-state index contributed by atoms with van der Waals surface area (Å²) in [6.45, 7) is 0.210. The van der Waals surface area contributed by atoms with E-state index in [2.05, 4.69) is 4.98 Å². The van der Waals surface area contributed by atoms with Crippen molar-refractivity contribution in [1.82, 2.24) is 4.98 Å². The Hall–Kier alpha value is -1.39. The van der Waals surface area contributed by atoms with E-state index in [1.807, 2.05) is 29.6 Å². The summed E-state index contributed by atoms with van der Waals surface area (Å²) in [7, 11) is 1.67. The largest absolute Gasteiger partial charge is 0.496 e. The van der Waals surface area contributed by atoms with E-state index in [0.29, 0.717) is 0 Å². The summed E-state index contributed by atoms with van der Waals surface area (Å²) in [5.41, 5.74) is 2.06. The molecular formula is C13H15NO2S. The lowest BCUT2D eigenvalue weighted by Gasteiger charge is -2.04. The van der Waals surface area contributed by atoms with Crippen LogP contribution in [0.25, 0.3) is 10.6 Å². The lowest BCUT2D eigenvalue weighted by Crippen LogP contribution is -1.90. The predicted molar refractivity (Wildman–Crippen MR) is 69.5 cm³/mol. The van der Waals surface area contributed by atoms with Gasteiger partial charge >= 0.3 is 0 Å². The first kappa shape index (κ1) is 12.1. The Balaban J connectivity index is 2.24. The van der Waals surface area contributed by atoms with E-state index in [4.69, 9.17) is 9.84 Å². The van der Waals surface area contributed by atoms with Gasteiger partial charge in [0.15, 0.2) is 0 Å². The van der Waals surface area contributed by atoms with Gasteiger partial charge in [0.05, 0.1) is 18.4 Å². The summed E-state index contributed by atoms with van der Waals surface area (Å²) < 4.78 is 5.32. The number of methoxy groups -OCH3 is 1. The molecule has 0 amide bonds. The van der Waals surface area contributed by atoms with Crippen LogP contribution in [-0.2, 0) is 6.42 Å². The van der Waals surface area contributed by atoms with Crippen molar-refractivity contribution in [2.75, 3.05) is 13.7 Å². The van der Waals surface area contributed by atoms with Gasteiger partial charge < -0.3 is 9.84 Å². The Kier molecular flexibility index (Phi) is 4.12. The zero-order chi connectivity index (χ0) is 12.1. The summed E-state index contributed by atoms with van der Waals surface area (Å²) in [5.74, 6) is 0.843. The van der Waals surface area contributed by atoms with Crippen molar-refractivity contribution in [2.45, 2.75) is 12.8 Å². The molecule has 1 aromatic heterocycles. The van der Waals surface area contributed by atoms with Gasteiger partial charge in [-0.1, -0.05) is 12.1 Å². The fourth-order valence-electron chi connectivity index (χ4n) is 1.63. The van der Waals surface area contributed by atoms with Crippen LogP contribution >= 0.6 is 11.3 Å². The Morgan fingerprint density at radius 1 is 1.35 bits per heavy atom. The van der Waals surface area contributed by atoms with Crippen molar-refractivity contribution in [3.63, 3.8) is 0 Å². The second-order valence-corrected chi connectivity index (χ2v) is 4.53. The maximum absolute atomic E-state index is 8.79. The van der Waals surface area contributed by atoms with E-state index in [-0.39, 0.29) is 6.61 Å². The monoisotopic (exact) mass is 249 g/mol. The molecule has 0 aliphatic heterocycles. The third kappa shape index (κ3) is 2.84. The minimum absolute atomic E-state index is 0.210. The Morgan fingerprint density at radius 2 is 2.18 bits per heavy atom. The molecule has 0 bridgehead atoms. The smallest absolute Gasteiger partial charge is 0.129 e. The van der Waals surface area contributed by atoms with Crippen LogP contribution in [0.4, 0.5) is 0 Å². The summed E-state index contributed by atoms with van der Waals surface area (Å²) in [6.07, 6.45) is 1.58. The summed E-state index contributed by atoms with van der Waals surface area (Å²) in [5, 5.41) is 11.8. The van der Waals surface area contributed by atoms with Gasteiger partial charge in [-0.3, -0.25) is 0 Å². The maximum atomic E-state index is 8.79. The molecule has 2 aromatic rings. The van der Waals surface area contributed by atoms with Gasteiger partial charge in [0.25, 0.3) is 0 Å². The van der Waals surface area contributed by atoms with Crippen LogP contribution in [0.1, 0.15) is 12.1 Å². The normalized spacial score (nSPS) is 10.5. The summed E-state index contributed by atoms with van der Waals surface area (Å²) >= 11 is 1.61. The zero-order valence-corrected chi connectivity index (χ0v) is 10.5. The molecule has 17 heavy (non-hydrogen) atoms. The van der Waals surface area contributed by atoms with Crippen LogP contribution in [-0.4, -0.2) is 23.8 Å². The van der Waals surface area contributed by atoms with E-state index in [1.54, 1.807) is 18.4 Å². The van der Waals surface area contributed by atoms with Gasteiger partial charge in [-0.15, -0.1) is 11.3 Å². The second kappa shape index (κ2) is 5.80. The number of para-hydroxylation sites is 1. The molecule has 0 fully saturated rings. The number of aryl methyl sites for hydroxylation is 1. The molecule has 0 spiro atoms. The average Bonchev–Trinajstić information content (AvgIpc) is 2.85. The zero-order valence-electron chi connectivity index (χ0n) is 9.72. The molecule has 4 heteroatoms. The van der Waals surface area contributed by atoms with E-state index in [1.165, 1.54) is 0 Å². The van der Waals surface area contributed by atoms with E-state index >= 15 is 0 Å². The van der Waals surface area contributed by atoms with Gasteiger partial charge in [0.1, 0.15) is 10.8 Å². The number of rotatable bonds is 5. The number of ether oxygens (including phenoxy) is 1. The highest BCUT2D eigenvalue weighted by molar-refractivity contribution is 7.13. The molecule has 0 unspecified atom stereocenters. The number of hydrogen-bond acceptors (Lipinski definition) is 4. The highest BCUT2D eigenvalue weighted by Crippen LogP contribution is 2.31. The number of thiazole rings is 1. The van der Waals surface area contributed by atoms with Crippen LogP contribution in [0.2, 0.25) is 0 Å². The van der Waals surface area contributed by atoms with Crippen LogP contribution < -0.4 is 4.74 Å². The quantitative estimate of drug-likeness (QED) is 0.886. The van der Waals surface area contributed by atoms with Crippen molar-refractivity contribution >= 4 is 11.3 Å². The van der Waals surface area contributed by atoms with E-state index < -0.39 is 0 Å². The Bertz CT molecular complexity index is 482. The van der Waals surface area contributed by atoms with Crippen molar-refractivity contribution in [3.05, 3.63) is 35.3 Å². The van der Waals surface area contributed by atoms with E-state index in [9.17, 15) is 0 Å². The Morgan fingerprint density at radius 3 is 2.94 bits per heavy atom. The Labute approximate surface area is 105 Å². The molecule has 0 aliphatic carbocycles. The molecule has 1 aromatic carbocycles. The van der Waals surface area contributed by atoms with Crippen molar-refractivity contribution in [1.29, 1.82) is 0 Å². The first-order chi connectivity index (χ1) is 8.35. The third-order valence-electron chi connectivity index (χ3n) is 2.48. The molecule has 0 radical (unpaired) electrons. The van der Waals surface area contributed by atoms with Crippen LogP contribution in [0.5, 0.6) is 5.75 Å². The van der Waals surface area contributed by atoms with Gasteiger partial charge in [-0.2, -0.15) is 0 Å². The molecule has 90 valence electrons. The fraction of sp³-hybridized carbons (Fsp3) is 0.308. The van der Waals surface area contributed by atoms with Crippen molar-refractivity contribution in [2.24, 2.45) is 0 Å². The minimum Gasteiger partial charge on any atom is -0.496 e. The summed E-state index contributed by atoms with van der Waals surface area (Å²) in [6, 6.07) is 7.87. The van der Waals surface area contributed by atoms with Gasteiger partial charge in [-0.25, -0.2) is 4.98 Å². The SMILES string of the molecule is COc1ccccc1-c1nc(CCCO)cs1. The highest BCUT2D eigenvalue weighted by Gasteiger charge is 2.09. The van der Waals surface area contributed by atoms with Crippen molar-refractivity contribution in [3.8, 4) is 16.3 Å².